The molecule has 0 aromatic heterocycles. The molecule has 136 valence electrons. The standard InChI is InChI=1S/C21H22ClNO3/c1-14(2)17-11-8-16(9-12-17)10-13-20(24)26-15(3)21(25)23-19-7-5-4-6-18(19)22/h4-15H,1-3H3,(H,23,25)/b13-10+/t15-/m1/s1. The summed E-state index contributed by atoms with van der Waals surface area (Å²) in [5.74, 6) is -0.573. The van der Waals surface area contributed by atoms with Gasteiger partial charge in [0.2, 0.25) is 0 Å². The Kier molecular flexibility index (Phi) is 6.98. The van der Waals surface area contributed by atoms with E-state index in [1.807, 2.05) is 24.3 Å². The number of carbonyl (C=O) groups is 2. The lowest BCUT2D eigenvalue weighted by Gasteiger charge is -2.13. The minimum Gasteiger partial charge on any atom is -0.449 e. The number of carbonyl (C=O) groups excluding carboxylic acids is 2. The van der Waals surface area contributed by atoms with Gasteiger partial charge in [0.1, 0.15) is 0 Å². The highest BCUT2D eigenvalue weighted by Crippen LogP contribution is 2.20. The van der Waals surface area contributed by atoms with Gasteiger partial charge in [0.15, 0.2) is 6.10 Å². The zero-order valence-corrected chi connectivity index (χ0v) is 15.8. The number of hydrogen-bond acceptors (Lipinski definition) is 3. The van der Waals surface area contributed by atoms with Crippen molar-refractivity contribution in [2.75, 3.05) is 5.32 Å². The molecule has 0 fully saturated rings. The van der Waals surface area contributed by atoms with E-state index in [-0.39, 0.29) is 0 Å². The van der Waals surface area contributed by atoms with E-state index in [9.17, 15) is 9.59 Å². The molecule has 0 radical (unpaired) electrons. The van der Waals surface area contributed by atoms with Crippen LogP contribution in [0.3, 0.4) is 0 Å². The molecule has 0 saturated heterocycles. The molecule has 1 N–H and O–H groups in total. The lowest BCUT2D eigenvalue weighted by molar-refractivity contribution is -0.148. The first kappa shape index (κ1) is 19.7. The van der Waals surface area contributed by atoms with E-state index in [0.29, 0.717) is 16.6 Å². The van der Waals surface area contributed by atoms with Gasteiger partial charge in [0.25, 0.3) is 5.91 Å². The molecule has 1 atom stereocenters. The van der Waals surface area contributed by atoms with Crippen LogP contribution >= 0.6 is 11.6 Å². The number of hydrogen-bond donors (Lipinski definition) is 1. The average molecular weight is 372 g/mol. The van der Waals surface area contributed by atoms with E-state index in [1.54, 1.807) is 30.3 Å². The largest absolute Gasteiger partial charge is 0.449 e. The first-order valence-electron chi connectivity index (χ1n) is 8.41. The second-order valence-electron chi connectivity index (χ2n) is 6.20. The summed E-state index contributed by atoms with van der Waals surface area (Å²) in [6.07, 6.45) is 2.03. The molecular weight excluding hydrogens is 350 g/mol. The van der Waals surface area contributed by atoms with Gasteiger partial charge in [-0.1, -0.05) is 61.8 Å². The number of anilines is 1. The Bertz CT molecular complexity index is 797. The molecule has 4 nitrogen and oxygen atoms in total. The molecule has 0 aliphatic heterocycles. The van der Waals surface area contributed by atoms with Crippen LogP contribution in [0.15, 0.2) is 54.6 Å². The van der Waals surface area contributed by atoms with Gasteiger partial charge in [0, 0.05) is 6.08 Å². The Morgan fingerprint density at radius 3 is 2.31 bits per heavy atom. The molecule has 2 aromatic carbocycles. The first-order valence-corrected chi connectivity index (χ1v) is 8.78. The molecule has 5 heteroatoms. The van der Waals surface area contributed by atoms with Gasteiger partial charge in [-0.15, -0.1) is 0 Å². The van der Waals surface area contributed by atoms with Crippen molar-refractivity contribution in [3.05, 3.63) is 70.8 Å². The monoisotopic (exact) mass is 371 g/mol. The molecule has 0 aliphatic rings. The number of benzene rings is 2. The molecule has 0 bridgehead atoms. The van der Waals surface area contributed by atoms with Gasteiger partial charge in [-0.3, -0.25) is 4.79 Å². The zero-order valence-electron chi connectivity index (χ0n) is 15.0. The van der Waals surface area contributed by atoms with E-state index in [1.165, 1.54) is 18.6 Å². The van der Waals surface area contributed by atoms with Crippen LogP contribution in [0.2, 0.25) is 5.02 Å². The highest BCUT2D eigenvalue weighted by Gasteiger charge is 2.17. The van der Waals surface area contributed by atoms with Crippen LogP contribution in [0.1, 0.15) is 37.8 Å². The lowest BCUT2D eigenvalue weighted by Crippen LogP contribution is -2.29. The minimum atomic E-state index is -0.938. The van der Waals surface area contributed by atoms with Gasteiger partial charge >= 0.3 is 5.97 Å². The lowest BCUT2D eigenvalue weighted by atomic mass is 10.0. The fourth-order valence-electron chi connectivity index (χ4n) is 2.22. The van der Waals surface area contributed by atoms with Crippen LogP contribution < -0.4 is 5.32 Å². The molecule has 0 spiro atoms. The van der Waals surface area contributed by atoms with Crippen molar-refractivity contribution < 1.29 is 14.3 Å². The van der Waals surface area contributed by atoms with Crippen LogP contribution in [-0.2, 0) is 14.3 Å². The third kappa shape index (κ3) is 5.74. The highest BCUT2D eigenvalue weighted by atomic mass is 35.5. The molecule has 1 amide bonds. The summed E-state index contributed by atoms with van der Waals surface area (Å²) < 4.78 is 5.13. The van der Waals surface area contributed by atoms with Crippen molar-refractivity contribution >= 4 is 35.2 Å². The third-order valence-corrected chi connectivity index (χ3v) is 4.14. The normalized spacial score (nSPS) is 12.2. The molecule has 0 unspecified atom stereocenters. The number of halogens is 1. The Balaban J connectivity index is 1.89. The van der Waals surface area contributed by atoms with Crippen LogP contribution in [0.25, 0.3) is 6.08 Å². The quantitative estimate of drug-likeness (QED) is 0.571. The van der Waals surface area contributed by atoms with Crippen LogP contribution in [-0.4, -0.2) is 18.0 Å². The van der Waals surface area contributed by atoms with Crippen molar-refractivity contribution in [2.24, 2.45) is 0 Å². The number of para-hydroxylation sites is 1. The zero-order chi connectivity index (χ0) is 19.1. The van der Waals surface area contributed by atoms with Gasteiger partial charge in [-0.2, -0.15) is 0 Å². The van der Waals surface area contributed by atoms with Gasteiger partial charge in [-0.05, 0) is 42.2 Å². The molecule has 26 heavy (non-hydrogen) atoms. The molecule has 2 rings (SSSR count). The van der Waals surface area contributed by atoms with Gasteiger partial charge in [0.05, 0.1) is 10.7 Å². The van der Waals surface area contributed by atoms with E-state index in [2.05, 4.69) is 19.2 Å². The minimum absolute atomic E-state index is 0.420. The van der Waals surface area contributed by atoms with Crippen molar-refractivity contribution in [3.63, 3.8) is 0 Å². The Morgan fingerprint density at radius 2 is 1.69 bits per heavy atom. The fraction of sp³-hybridized carbons (Fsp3) is 0.238. The third-order valence-electron chi connectivity index (χ3n) is 3.81. The second-order valence-corrected chi connectivity index (χ2v) is 6.61. The summed E-state index contributed by atoms with van der Waals surface area (Å²) in [6, 6.07) is 14.8. The predicted octanol–water partition coefficient (Wildman–Crippen LogP) is 5.05. The molecule has 0 saturated carbocycles. The summed E-state index contributed by atoms with van der Waals surface area (Å²) in [7, 11) is 0. The maximum absolute atomic E-state index is 12.1. The summed E-state index contributed by atoms with van der Waals surface area (Å²) in [5.41, 5.74) is 2.59. The predicted molar refractivity (Wildman–Crippen MR) is 105 cm³/mol. The SMILES string of the molecule is CC(C)c1ccc(/C=C/C(=O)O[C@H](C)C(=O)Nc2ccccc2Cl)cc1. The number of nitrogens with one attached hydrogen (secondary N) is 1. The van der Waals surface area contributed by atoms with Crippen LogP contribution in [0.4, 0.5) is 5.69 Å². The maximum Gasteiger partial charge on any atom is 0.331 e. The fourth-order valence-corrected chi connectivity index (χ4v) is 2.40. The van der Waals surface area contributed by atoms with Crippen molar-refractivity contribution in [3.8, 4) is 0 Å². The Morgan fingerprint density at radius 1 is 1.04 bits per heavy atom. The molecule has 0 aliphatic carbocycles. The topological polar surface area (TPSA) is 55.4 Å². The Labute approximate surface area is 158 Å². The van der Waals surface area contributed by atoms with Crippen molar-refractivity contribution in [1.29, 1.82) is 0 Å². The van der Waals surface area contributed by atoms with E-state index in [0.717, 1.165) is 5.56 Å². The Hall–Kier alpha value is -2.59. The summed E-state index contributed by atoms with van der Waals surface area (Å²) >= 11 is 5.99. The molecule has 2 aromatic rings. The van der Waals surface area contributed by atoms with E-state index >= 15 is 0 Å². The maximum atomic E-state index is 12.1. The first-order chi connectivity index (χ1) is 12.4. The van der Waals surface area contributed by atoms with Gasteiger partial charge < -0.3 is 10.1 Å². The van der Waals surface area contributed by atoms with Crippen molar-refractivity contribution in [1.82, 2.24) is 0 Å². The molecular formula is C21H22ClNO3. The van der Waals surface area contributed by atoms with E-state index < -0.39 is 18.0 Å². The van der Waals surface area contributed by atoms with Crippen LogP contribution in [0, 0.1) is 0 Å². The van der Waals surface area contributed by atoms with Crippen molar-refractivity contribution in [2.45, 2.75) is 32.8 Å². The van der Waals surface area contributed by atoms with Gasteiger partial charge in [-0.25, -0.2) is 4.79 Å². The number of esters is 1. The second kappa shape index (κ2) is 9.20. The van der Waals surface area contributed by atoms with Crippen LogP contribution in [0.5, 0.6) is 0 Å². The highest BCUT2D eigenvalue weighted by molar-refractivity contribution is 6.33. The number of ether oxygens (including phenoxy) is 1. The van der Waals surface area contributed by atoms with E-state index in [4.69, 9.17) is 16.3 Å². The summed E-state index contributed by atoms with van der Waals surface area (Å²) in [4.78, 5) is 24.0. The number of amides is 1. The summed E-state index contributed by atoms with van der Waals surface area (Å²) in [5, 5.41) is 3.05. The average Bonchev–Trinajstić information content (AvgIpc) is 2.62. The smallest absolute Gasteiger partial charge is 0.331 e. The number of rotatable bonds is 6. The summed E-state index contributed by atoms with van der Waals surface area (Å²) in [6.45, 7) is 5.75. The molecule has 0 heterocycles.